The van der Waals surface area contributed by atoms with E-state index in [2.05, 4.69) is 20.3 Å². The van der Waals surface area contributed by atoms with Crippen molar-refractivity contribution < 1.29 is 31.2 Å². The van der Waals surface area contributed by atoms with Gasteiger partial charge in [-0.3, -0.25) is 14.8 Å². The molecule has 0 fully saturated rings. The molecule has 3 aromatic heterocycles. The Kier molecular flexibility index (Phi) is 4.65. The van der Waals surface area contributed by atoms with Gasteiger partial charge < -0.3 is 9.73 Å². The number of carbonyl (C=O) groups is 1. The number of aromatic nitrogens is 3. The Morgan fingerprint density at radius 2 is 1.67 bits per heavy atom. The minimum absolute atomic E-state index is 0.0163. The molecule has 3 heterocycles. The Hall–Kier alpha value is -3.89. The lowest BCUT2D eigenvalue weighted by molar-refractivity contribution is -0.151. The Labute approximate surface area is 164 Å². The van der Waals surface area contributed by atoms with Crippen LogP contribution in [0.1, 0.15) is 16.1 Å². The molecule has 0 saturated heterocycles. The minimum Gasteiger partial charge on any atom is -0.451 e. The van der Waals surface area contributed by atoms with Gasteiger partial charge in [0.05, 0.1) is 36.0 Å². The zero-order chi connectivity index (χ0) is 21.5. The molecule has 0 atom stereocenters. The Morgan fingerprint density at radius 1 is 0.967 bits per heavy atom. The lowest BCUT2D eigenvalue weighted by Crippen LogP contribution is -2.17. The van der Waals surface area contributed by atoms with Crippen molar-refractivity contribution in [3.05, 3.63) is 72.0 Å². The van der Waals surface area contributed by atoms with Gasteiger partial charge in [-0.1, -0.05) is 18.2 Å². The van der Waals surface area contributed by atoms with Crippen LogP contribution >= 0.6 is 0 Å². The van der Waals surface area contributed by atoms with E-state index in [1.807, 2.05) is 0 Å². The second kappa shape index (κ2) is 7.17. The van der Waals surface area contributed by atoms with Gasteiger partial charge in [0.2, 0.25) is 5.76 Å². The predicted octanol–water partition coefficient (Wildman–Crippen LogP) is 4.83. The molecule has 11 heteroatoms. The van der Waals surface area contributed by atoms with Gasteiger partial charge in [0, 0.05) is 5.39 Å². The highest BCUT2D eigenvalue weighted by Crippen LogP contribution is 2.42. The van der Waals surface area contributed by atoms with Crippen molar-refractivity contribution in [1.82, 2.24) is 15.0 Å². The third kappa shape index (κ3) is 3.45. The molecule has 0 aliphatic carbocycles. The zero-order valence-corrected chi connectivity index (χ0v) is 14.7. The number of pyridine rings is 1. The van der Waals surface area contributed by atoms with Crippen LogP contribution in [0.15, 0.2) is 53.5 Å². The number of anilines is 1. The third-order valence-corrected chi connectivity index (χ3v) is 4.08. The Morgan fingerprint density at radius 3 is 2.30 bits per heavy atom. The summed E-state index contributed by atoms with van der Waals surface area (Å²) in [6.45, 7) is 0. The Bertz CT molecular complexity index is 1230. The summed E-state index contributed by atoms with van der Waals surface area (Å²) >= 11 is 0. The standard InChI is InChI=1S/C19H9F5N4O2/c20-10-5-25-6-11(21)16(10)18(29)28-14-8-26-12(7-27-14)15-9-3-1-2-4-13(9)30-17(15)19(22,23)24/h1-8H,(H,27,28,29). The molecule has 1 amide bonds. The van der Waals surface area contributed by atoms with Gasteiger partial charge in [-0.05, 0) is 6.07 Å². The molecule has 1 aromatic carbocycles. The number of para-hydroxylation sites is 1. The van der Waals surface area contributed by atoms with Gasteiger partial charge in [0.1, 0.15) is 11.1 Å². The molecule has 0 aliphatic rings. The van der Waals surface area contributed by atoms with Gasteiger partial charge in [-0.2, -0.15) is 13.2 Å². The van der Waals surface area contributed by atoms with Crippen molar-refractivity contribution in [2.24, 2.45) is 0 Å². The average Bonchev–Trinajstić information content (AvgIpc) is 3.09. The molecule has 0 saturated carbocycles. The van der Waals surface area contributed by atoms with Crippen molar-refractivity contribution in [2.75, 3.05) is 5.32 Å². The van der Waals surface area contributed by atoms with E-state index in [4.69, 9.17) is 4.42 Å². The van der Waals surface area contributed by atoms with Crippen molar-refractivity contribution in [2.45, 2.75) is 6.18 Å². The van der Waals surface area contributed by atoms with Gasteiger partial charge in [-0.25, -0.2) is 13.8 Å². The maximum Gasteiger partial charge on any atom is 0.450 e. The summed E-state index contributed by atoms with van der Waals surface area (Å²) < 4.78 is 72.5. The van der Waals surface area contributed by atoms with Crippen molar-refractivity contribution in [1.29, 1.82) is 0 Å². The molecule has 0 bridgehead atoms. The molecule has 152 valence electrons. The largest absolute Gasteiger partial charge is 0.451 e. The molecule has 30 heavy (non-hydrogen) atoms. The van der Waals surface area contributed by atoms with Crippen LogP contribution in [0.5, 0.6) is 0 Å². The van der Waals surface area contributed by atoms with Crippen LogP contribution in [0.4, 0.5) is 27.8 Å². The van der Waals surface area contributed by atoms with E-state index in [9.17, 15) is 26.7 Å². The number of furan rings is 1. The topological polar surface area (TPSA) is 80.9 Å². The number of halogens is 5. The highest BCUT2D eigenvalue weighted by molar-refractivity contribution is 6.04. The van der Waals surface area contributed by atoms with Gasteiger partial charge >= 0.3 is 6.18 Å². The van der Waals surface area contributed by atoms with E-state index in [-0.39, 0.29) is 28.0 Å². The number of alkyl halides is 3. The molecule has 4 rings (SSSR count). The quantitative estimate of drug-likeness (QED) is 0.480. The number of fused-ring (bicyclic) bond motifs is 1. The van der Waals surface area contributed by atoms with Crippen LogP contribution in [0.25, 0.3) is 22.2 Å². The van der Waals surface area contributed by atoms with E-state index >= 15 is 0 Å². The maximum atomic E-state index is 13.6. The monoisotopic (exact) mass is 420 g/mol. The van der Waals surface area contributed by atoms with Crippen LogP contribution < -0.4 is 5.32 Å². The number of rotatable bonds is 3. The number of hydrogen-bond donors (Lipinski definition) is 1. The van der Waals surface area contributed by atoms with Crippen LogP contribution in [0.3, 0.4) is 0 Å². The number of carbonyl (C=O) groups excluding carboxylic acids is 1. The minimum atomic E-state index is -4.78. The normalized spacial score (nSPS) is 11.6. The molecule has 1 N–H and O–H groups in total. The average molecular weight is 420 g/mol. The molecule has 0 spiro atoms. The van der Waals surface area contributed by atoms with Gasteiger partial charge in [0.25, 0.3) is 5.91 Å². The molecule has 4 aromatic rings. The zero-order valence-electron chi connectivity index (χ0n) is 14.7. The van der Waals surface area contributed by atoms with Gasteiger partial charge in [0.15, 0.2) is 17.5 Å². The summed E-state index contributed by atoms with van der Waals surface area (Å²) in [5, 5.41) is 2.31. The predicted molar refractivity (Wildman–Crippen MR) is 94.3 cm³/mol. The Balaban J connectivity index is 1.69. The summed E-state index contributed by atoms with van der Waals surface area (Å²) in [5.74, 6) is -4.98. The summed E-state index contributed by atoms with van der Waals surface area (Å²) in [7, 11) is 0. The van der Waals surface area contributed by atoms with Crippen molar-refractivity contribution in [3.63, 3.8) is 0 Å². The van der Waals surface area contributed by atoms with E-state index in [1.165, 1.54) is 18.2 Å². The number of hydrogen-bond acceptors (Lipinski definition) is 5. The first-order valence-electron chi connectivity index (χ1n) is 8.27. The molecule has 0 aliphatic heterocycles. The molecular formula is C19H9F5N4O2. The molecule has 0 radical (unpaired) electrons. The highest BCUT2D eigenvalue weighted by Gasteiger charge is 2.40. The van der Waals surface area contributed by atoms with Crippen LogP contribution in [-0.4, -0.2) is 20.9 Å². The number of benzene rings is 1. The lowest BCUT2D eigenvalue weighted by Gasteiger charge is -2.08. The number of amides is 1. The smallest absolute Gasteiger partial charge is 0.450 e. The van der Waals surface area contributed by atoms with E-state index < -0.39 is 35.0 Å². The van der Waals surface area contributed by atoms with E-state index in [0.29, 0.717) is 12.4 Å². The SMILES string of the molecule is O=C(Nc1cnc(-c2c(C(F)(F)F)oc3ccccc23)cn1)c1c(F)cncc1F. The van der Waals surface area contributed by atoms with Gasteiger partial charge in [-0.15, -0.1) is 0 Å². The summed E-state index contributed by atoms with van der Waals surface area (Å²) in [6, 6.07) is 5.89. The lowest BCUT2D eigenvalue weighted by atomic mass is 10.1. The summed E-state index contributed by atoms with van der Waals surface area (Å²) in [4.78, 5) is 23.1. The third-order valence-electron chi connectivity index (χ3n) is 4.08. The highest BCUT2D eigenvalue weighted by atomic mass is 19.4. The van der Waals surface area contributed by atoms with Crippen molar-refractivity contribution in [3.8, 4) is 11.3 Å². The fourth-order valence-electron chi connectivity index (χ4n) is 2.83. The van der Waals surface area contributed by atoms with E-state index in [0.717, 1.165) is 12.4 Å². The fourth-order valence-corrected chi connectivity index (χ4v) is 2.83. The summed E-state index contributed by atoms with van der Waals surface area (Å²) in [5.41, 5.74) is -1.33. The molecule has 6 nitrogen and oxygen atoms in total. The molecular weight excluding hydrogens is 411 g/mol. The first-order valence-corrected chi connectivity index (χ1v) is 8.27. The van der Waals surface area contributed by atoms with Crippen molar-refractivity contribution >= 4 is 22.7 Å². The maximum absolute atomic E-state index is 13.6. The van der Waals surface area contributed by atoms with E-state index in [1.54, 1.807) is 6.07 Å². The van der Waals surface area contributed by atoms with Crippen LogP contribution in [0, 0.1) is 11.6 Å². The van der Waals surface area contributed by atoms with Crippen LogP contribution in [0.2, 0.25) is 0 Å². The second-order valence-electron chi connectivity index (χ2n) is 6.02. The first kappa shape index (κ1) is 19.4. The first-order chi connectivity index (χ1) is 14.3. The van der Waals surface area contributed by atoms with Crippen LogP contribution in [-0.2, 0) is 6.18 Å². The molecule has 0 unspecified atom stereocenters. The number of nitrogens with one attached hydrogen (secondary N) is 1. The fraction of sp³-hybridized carbons (Fsp3) is 0.0526. The summed E-state index contributed by atoms with van der Waals surface area (Å²) in [6.07, 6.45) is -1.50. The second-order valence-corrected chi connectivity index (χ2v) is 6.02. The number of nitrogens with zero attached hydrogens (tertiary/aromatic N) is 3.